The third-order valence-corrected chi connectivity index (χ3v) is 3.45. The van der Waals surface area contributed by atoms with E-state index in [-0.39, 0.29) is 11.9 Å². The Hall–Kier alpha value is -1.35. The monoisotopic (exact) mass is 263 g/mol. The highest BCUT2D eigenvalue weighted by Gasteiger charge is 2.19. The molecule has 0 saturated heterocycles. The quantitative estimate of drug-likeness (QED) is 0.870. The van der Waals surface area contributed by atoms with Crippen LogP contribution < -0.4 is 5.32 Å². The average molecular weight is 263 g/mol. The van der Waals surface area contributed by atoms with Gasteiger partial charge < -0.3 is 10.1 Å². The van der Waals surface area contributed by atoms with Gasteiger partial charge in [-0.05, 0) is 55.5 Å². The van der Waals surface area contributed by atoms with E-state index in [0.717, 1.165) is 38.0 Å². The lowest BCUT2D eigenvalue weighted by Crippen LogP contribution is -2.25. The number of rotatable bonds is 5. The maximum Gasteiger partial charge on any atom is 0.126 e. The summed E-state index contributed by atoms with van der Waals surface area (Å²) in [5, 5.41) is 3.53. The summed E-state index contributed by atoms with van der Waals surface area (Å²) in [5.74, 6) is -0.146. The first-order valence-corrected chi connectivity index (χ1v) is 7.02. The lowest BCUT2D eigenvalue weighted by atomic mass is 9.94. The number of benzene rings is 1. The molecule has 0 bridgehead atoms. The Morgan fingerprint density at radius 3 is 2.89 bits per heavy atom. The number of ether oxygens (including phenoxy) is 1. The fraction of sp³-hybridized carbons (Fsp3) is 0.500. The SMILES string of the molecule is CCCNC(C1=COCCC1)c1ccc(F)c(C)c1. The van der Waals surface area contributed by atoms with Crippen LogP contribution in [0.25, 0.3) is 0 Å². The highest BCUT2D eigenvalue weighted by atomic mass is 19.1. The number of nitrogens with one attached hydrogen (secondary N) is 1. The van der Waals surface area contributed by atoms with Crippen LogP contribution in [0, 0.1) is 12.7 Å². The van der Waals surface area contributed by atoms with Crippen LogP contribution in [-0.4, -0.2) is 13.2 Å². The molecule has 1 heterocycles. The molecule has 0 radical (unpaired) electrons. The molecule has 3 heteroatoms. The van der Waals surface area contributed by atoms with E-state index >= 15 is 0 Å². The second-order valence-electron chi connectivity index (χ2n) is 5.06. The van der Waals surface area contributed by atoms with E-state index in [9.17, 15) is 4.39 Å². The predicted molar refractivity (Wildman–Crippen MR) is 75.4 cm³/mol. The van der Waals surface area contributed by atoms with Crippen molar-refractivity contribution >= 4 is 0 Å². The van der Waals surface area contributed by atoms with Crippen molar-refractivity contribution in [3.05, 3.63) is 47.0 Å². The summed E-state index contributed by atoms with van der Waals surface area (Å²) in [6.07, 6.45) is 5.04. The minimum Gasteiger partial charge on any atom is -0.501 e. The van der Waals surface area contributed by atoms with Gasteiger partial charge in [-0.15, -0.1) is 0 Å². The van der Waals surface area contributed by atoms with Crippen LogP contribution in [0.3, 0.4) is 0 Å². The smallest absolute Gasteiger partial charge is 0.126 e. The summed E-state index contributed by atoms with van der Waals surface area (Å²) in [6, 6.07) is 5.48. The van der Waals surface area contributed by atoms with Gasteiger partial charge in [-0.25, -0.2) is 4.39 Å². The average Bonchev–Trinajstić information content (AvgIpc) is 2.44. The Labute approximate surface area is 114 Å². The molecular weight excluding hydrogens is 241 g/mol. The van der Waals surface area contributed by atoms with Crippen molar-refractivity contribution in [3.63, 3.8) is 0 Å². The molecule has 1 aromatic rings. The first-order valence-electron chi connectivity index (χ1n) is 7.02. The van der Waals surface area contributed by atoms with Crippen LogP contribution in [0.4, 0.5) is 4.39 Å². The molecule has 1 N–H and O–H groups in total. The van der Waals surface area contributed by atoms with Crippen molar-refractivity contribution in [2.75, 3.05) is 13.2 Å². The normalized spacial score (nSPS) is 16.7. The Kier molecular flexibility index (Phi) is 4.97. The van der Waals surface area contributed by atoms with Gasteiger partial charge in [0.05, 0.1) is 18.9 Å². The van der Waals surface area contributed by atoms with Crippen LogP contribution in [0.1, 0.15) is 43.4 Å². The number of aryl methyl sites for hydroxylation is 1. The zero-order valence-corrected chi connectivity index (χ0v) is 11.7. The van der Waals surface area contributed by atoms with E-state index in [1.165, 1.54) is 5.57 Å². The van der Waals surface area contributed by atoms with E-state index in [0.29, 0.717) is 5.56 Å². The van der Waals surface area contributed by atoms with Gasteiger partial charge in [0.25, 0.3) is 0 Å². The molecule has 104 valence electrons. The lowest BCUT2D eigenvalue weighted by molar-refractivity contribution is 0.219. The van der Waals surface area contributed by atoms with E-state index in [1.54, 1.807) is 6.07 Å². The van der Waals surface area contributed by atoms with Crippen LogP contribution in [0.5, 0.6) is 0 Å². The number of hydrogen-bond donors (Lipinski definition) is 1. The standard InChI is InChI=1S/C16H22FNO/c1-3-8-18-16(14-5-4-9-19-11-14)13-6-7-15(17)12(2)10-13/h6-7,10-11,16,18H,3-5,8-9H2,1-2H3. The molecule has 0 spiro atoms. The highest BCUT2D eigenvalue weighted by Crippen LogP contribution is 2.28. The molecular formula is C16H22FNO. The fourth-order valence-corrected chi connectivity index (χ4v) is 2.40. The molecule has 0 fully saturated rings. The second kappa shape index (κ2) is 6.71. The van der Waals surface area contributed by atoms with Crippen LogP contribution in [0.15, 0.2) is 30.0 Å². The van der Waals surface area contributed by atoms with E-state index in [4.69, 9.17) is 4.74 Å². The van der Waals surface area contributed by atoms with Crippen LogP contribution >= 0.6 is 0 Å². The van der Waals surface area contributed by atoms with Gasteiger partial charge in [0, 0.05) is 0 Å². The van der Waals surface area contributed by atoms with Gasteiger partial charge in [-0.3, -0.25) is 0 Å². The molecule has 1 aliphatic rings. The fourth-order valence-electron chi connectivity index (χ4n) is 2.40. The van der Waals surface area contributed by atoms with Crippen LogP contribution in [0.2, 0.25) is 0 Å². The topological polar surface area (TPSA) is 21.3 Å². The summed E-state index contributed by atoms with van der Waals surface area (Å²) in [7, 11) is 0. The van der Waals surface area contributed by atoms with E-state index in [1.807, 2.05) is 25.3 Å². The van der Waals surface area contributed by atoms with Crippen molar-refractivity contribution < 1.29 is 9.13 Å². The third-order valence-electron chi connectivity index (χ3n) is 3.45. The molecule has 0 aromatic heterocycles. The molecule has 0 aliphatic carbocycles. The summed E-state index contributed by atoms with van der Waals surface area (Å²) in [6.45, 7) is 5.69. The van der Waals surface area contributed by atoms with Gasteiger partial charge >= 0.3 is 0 Å². The summed E-state index contributed by atoms with van der Waals surface area (Å²) < 4.78 is 18.8. The summed E-state index contributed by atoms with van der Waals surface area (Å²) in [4.78, 5) is 0. The molecule has 1 aliphatic heterocycles. The maximum absolute atomic E-state index is 13.4. The number of halogens is 1. The molecule has 1 aromatic carbocycles. The first-order chi connectivity index (χ1) is 9.22. The zero-order chi connectivity index (χ0) is 13.7. The minimum atomic E-state index is -0.146. The third kappa shape index (κ3) is 3.57. The van der Waals surface area contributed by atoms with Gasteiger partial charge in [0.1, 0.15) is 5.82 Å². The van der Waals surface area contributed by atoms with Crippen molar-refractivity contribution in [3.8, 4) is 0 Å². The predicted octanol–water partition coefficient (Wildman–Crippen LogP) is 3.87. The van der Waals surface area contributed by atoms with Crippen LogP contribution in [-0.2, 0) is 4.74 Å². The van der Waals surface area contributed by atoms with E-state index < -0.39 is 0 Å². The molecule has 1 unspecified atom stereocenters. The Morgan fingerprint density at radius 2 is 2.26 bits per heavy atom. The van der Waals surface area contributed by atoms with Gasteiger partial charge in [0.15, 0.2) is 0 Å². The van der Waals surface area contributed by atoms with Crippen molar-refractivity contribution in [1.82, 2.24) is 5.32 Å². The van der Waals surface area contributed by atoms with Crippen molar-refractivity contribution in [2.45, 2.75) is 39.2 Å². The van der Waals surface area contributed by atoms with Gasteiger partial charge in [-0.2, -0.15) is 0 Å². The molecule has 2 rings (SSSR count). The molecule has 2 nitrogen and oxygen atoms in total. The molecule has 0 amide bonds. The summed E-state index contributed by atoms with van der Waals surface area (Å²) in [5.41, 5.74) is 3.06. The Morgan fingerprint density at radius 1 is 1.42 bits per heavy atom. The zero-order valence-electron chi connectivity index (χ0n) is 11.7. The first kappa shape index (κ1) is 14.1. The largest absolute Gasteiger partial charge is 0.501 e. The lowest BCUT2D eigenvalue weighted by Gasteiger charge is -2.25. The van der Waals surface area contributed by atoms with Crippen molar-refractivity contribution in [1.29, 1.82) is 0 Å². The number of hydrogen-bond acceptors (Lipinski definition) is 2. The van der Waals surface area contributed by atoms with Gasteiger partial charge in [-0.1, -0.05) is 19.1 Å². The molecule has 19 heavy (non-hydrogen) atoms. The summed E-state index contributed by atoms with van der Waals surface area (Å²) >= 11 is 0. The van der Waals surface area contributed by atoms with Crippen molar-refractivity contribution in [2.24, 2.45) is 0 Å². The molecule has 0 saturated carbocycles. The Balaban J connectivity index is 2.25. The highest BCUT2D eigenvalue weighted by molar-refractivity contribution is 5.32. The van der Waals surface area contributed by atoms with Gasteiger partial charge in [0.2, 0.25) is 0 Å². The molecule has 1 atom stereocenters. The minimum absolute atomic E-state index is 0.138. The Bertz CT molecular complexity index is 456. The maximum atomic E-state index is 13.4. The second-order valence-corrected chi connectivity index (χ2v) is 5.06. The van der Waals surface area contributed by atoms with E-state index in [2.05, 4.69) is 12.2 Å².